The molecular formula is C27H26N4O2. The second kappa shape index (κ2) is 8.47. The van der Waals surface area contributed by atoms with Gasteiger partial charge in [0.15, 0.2) is 11.5 Å². The number of aromatic nitrogens is 3. The van der Waals surface area contributed by atoms with Gasteiger partial charge in [-0.3, -0.25) is 0 Å². The molecule has 6 nitrogen and oxygen atoms in total. The van der Waals surface area contributed by atoms with Crippen molar-refractivity contribution in [2.24, 2.45) is 7.05 Å². The van der Waals surface area contributed by atoms with Crippen LogP contribution in [0.5, 0.6) is 11.5 Å². The maximum atomic E-state index is 5.48. The van der Waals surface area contributed by atoms with Gasteiger partial charge in [0.25, 0.3) is 0 Å². The molecule has 0 aliphatic heterocycles. The second-order valence-electron chi connectivity index (χ2n) is 8.05. The van der Waals surface area contributed by atoms with Crippen molar-refractivity contribution >= 4 is 27.6 Å². The molecule has 0 bridgehead atoms. The van der Waals surface area contributed by atoms with Gasteiger partial charge in [0.05, 0.1) is 19.7 Å². The average molecular weight is 439 g/mol. The normalized spacial score (nSPS) is 11.2. The molecule has 5 rings (SSSR count). The largest absolute Gasteiger partial charge is 0.493 e. The molecule has 33 heavy (non-hydrogen) atoms. The summed E-state index contributed by atoms with van der Waals surface area (Å²) >= 11 is 0. The Bertz CT molecular complexity index is 1470. The number of anilines is 1. The van der Waals surface area contributed by atoms with Gasteiger partial charge in [0.2, 0.25) is 0 Å². The SMILES string of the molecule is COc1cc2nc(C)nc(NCc3cccc(-c4cc5ccccc5n4C)c3)c2cc1OC. The summed E-state index contributed by atoms with van der Waals surface area (Å²) in [7, 11) is 5.37. The number of nitrogens with one attached hydrogen (secondary N) is 1. The summed E-state index contributed by atoms with van der Waals surface area (Å²) in [6, 6.07) is 23.1. The van der Waals surface area contributed by atoms with Crippen molar-refractivity contribution < 1.29 is 9.47 Å². The first-order valence-corrected chi connectivity index (χ1v) is 10.9. The number of methoxy groups -OCH3 is 2. The zero-order valence-corrected chi connectivity index (χ0v) is 19.2. The molecule has 2 aromatic heterocycles. The quantitative estimate of drug-likeness (QED) is 0.367. The number of benzene rings is 3. The van der Waals surface area contributed by atoms with E-state index < -0.39 is 0 Å². The summed E-state index contributed by atoms with van der Waals surface area (Å²) < 4.78 is 13.2. The van der Waals surface area contributed by atoms with Crippen LogP contribution in [0.15, 0.2) is 66.7 Å². The monoisotopic (exact) mass is 438 g/mol. The van der Waals surface area contributed by atoms with Crippen LogP contribution in [-0.2, 0) is 13.6 Å². The summed E-state index contributed by atoms with van der Waals surface area (Å²) in [4.78, 5) is 9.22. The first-order valence-electron chi connectivity index (χ1n) is 10.9. The molecule has 2 heterocycles. The standard InChI is InChI=1S/C27H26N4O2/c1-17-29-22-15-26(33-4)25(32-3)14-21(22)27(30-17)28-16-18-8-7-10-19(12-18)24-13-20-9-5-6-11-23(20)31(24)2/h5-15H,16H2,1-4H3,(H,28,29,30). The Hall–Kier alpha value is -4.06. The van der Waals surface area contributed by atoms with E-state index in [0.29, 0.717) is 23.9 Å². The minimum Gasteiger partial charge on any atom is -0.493 e. The van der Waals surface area contributed by atoms with Crippen LogP contribution >= 0.6 is 0 Å². The summed E-state index contributed by atoms with van der Waals surface area (Å²) in [5, 5.41) is 5.63. The van der Waals surface area contributed by atoms with E-state index in [1.165, 1.54) is 27.7 Å². The number of aryl methyl sites for hydroxylation is 2. The Kier molecular flexibility index (Phi) is 5.34. The molecule has 0 saturated heterocycles. The van der Waals surface area contributed by atoms with Crippen molar-refractivity contribution in [3.05, 3.63) is 78.1 Å². The Morgan fingerprint density at radius 3 is 2.45 bits per heavy atom. The lowest BCUT2D eigenvalue weighted by atomic mass is 10.1. The van der Waals surface area contributed by atoms with E-state index >= 15 is 0 Å². The molecule has 0 unspecified atom stereocenters. The number of fused-ring (bicyclic) bond motifs is 2. The van der Waals surface area contributed by atoms with Gasteiger partial charge in [-0.25, -0.2) is 9.97 Å². The van der Waals surface area contributed by atoms with E-state index in [-0.39, 0.29) is 0 Å². The fraction of sp³-hybridized carbons (Fsp3) is 0.185. The number of rotatable bonds is 6. The van der Waals surface area contributed by atoms with Crippen LogP contribution in [0.3, 0.4) is 0 Å². The number of nitrogens with zero attached hydrogens (tertiary/aromatic N) is 3. The fourth-order valence-corrected chi connectivity index (χ4v) is 4.30. The third kappa shape index (κ3) is 3.84. The van der Waals surface area contributed by atoms with Crippen LogP contribution < -0.4 is 14.8 Å². The number of hydrogen-bond acceptors (Lipinski definition) is 5. The Morgan fingerprint density at radius 2 is 1.67 bits per heavy atom. The smallest absolute Gasteiger partial charge is 0.162 e. The fourth-order valence-electron chi connectivity index (χ4n) is 4.30. The van der Waals surface area contributed by atoms with Gasteiger partial charge in [-0.2, -0.15) is 0 Å². The first kappa shape index (κ1) is 20.8. The number of para-hydroxylation sites is 1. The van der Waals surface area contributed by atoms with E-state index in [9.17, 15) is 0 Å². The Morgan fingerprint density at radius 1 is 0.879 bits per heavy atom. The molecule has 6 heteroatoms. The van der Waals surface area contributed by atoms with Gasteiger partial charge < -0.3 is 19.4 Å². The molecule has 0 spiro atoms. The number of ether oxygens (including phenoxy) is 2. The van der Waals surface area contributed by atoms with Gasteiger partial charge in [-0.15, -0.1) is 0 Å². The van der Waals surface area contributed by atoms with Gasteiger partial charge in [0, 0.05) is 41.6 Å². The van der Waals surface area contributed by atoms with Crippen LogP contribution in [-0.4, -0.2) is 28.8 Å². The summed E-state index contributed by atoms with van der Waals surface area (Å²) in [6.07, 6.45) is 0. The van der Waals surface area contributed by atoms with Gasteiger partial charge >= 0.3 is 0 Å². The lowest BCUT2D eigenvalue weighted by Crippen LogP contribution is -2.05. The highest BCUT2D eigenvalue weighted by molar-refractivity contribution is 5.92. The van der Waals surface area contributed by atoms with Crippen molar-refractivity contribution in [1.29, 1.82) is 0 Å². The van der Waals surface area contributed by atoms with E-state index in [4.69, 9.17) is 9.47 Å². The van der Waals surface area contributed by atoms with E-state index in [1.807, 2.05) is 19.1 Å². The second-order valence-corrected chi connectivity index (χ2v) is 8.05. The predicted molar refractivity (Wildman–Crippen MR) is 133 cm³/mol. The molecule has 1 N–H and O–H groups in total. The molecule has 0 radical (unpaired) electrons. The molecule has 0 aliphatic rings. The maximum absolute atomic E-state index is 5.48. The number of hydrogen-bond donors (Lipinski definition) is 1. The molecule has 0 amide bonds. The van der Waals surface area contributed by atoms with Gasteiger partial charge in [-0.05, 0) is 42.3 Å². The van der Waals surface area contributed by atoms with Crippen LogP contribution in [0.2, 0.25) is 0 Å². The van der Waals surface area contributed by atoms with E-state index in [0.717, 1.165) is 16.7 Å². The highest BCUT2D eigenvalue weighted by Gasteiger charge is 2.13. The summed E-state index contributed by atoms with van der Waals surface area (Å²) in [6.45, 7) is 2.53. The van der Waals surface area contributed by atoms with Crippen LogP contribution in [0.25, 0.3) is 33.1 Å². The zero-order chi connectivity index (χ0) is 22.9. The molecule has 0 fully saturated rings. The van der Waals surface area contributed by atoms with Crippen molar-refractivity contribution in [2.75, 3.05) is 19.5 Å². The van der Waals surface area contributed by atoms with Crippen LogP contribution in [0, 0.1) is 6.92 Å². The van der Waals surface area contributed by atoms with Crippen LogP contribution in [0.4, 0.5) is 5.82 Å². The van der Waals surface area contributed by atoms with Crippen molar-refractivity contribution in [3.63, 3.8) is 0 Å². The van der Waals surface area contributed by atoms with Crippen LogP contribution in [0.1, 0.15) is 11.4 Å². The lowest BCUT2D eigenvalue weighted by molar-refractivity contribution is 0.356. The molecule has 0 saturated carbocycles. The third-order valence-corrected chi connectivity index (χ3v) is 5.95. The van der Waals surface area contributed by atoms with Crippen molar-refractivity contribution in [1.82, 2.24) is 14.5 Å². The first-order chi connectivity index (χ1) is 16.1. The highest BCUT2D eigenvalue weighted by atomic mass is 16.5. The molecule has 5 aromatic rings. The zero-order valence-electron chi connectivity index (χ0n) is 19.2. The van der Waals surface area contributed by atoms with Gasteiger partial charge in [0.1, 0.15) is 11.6 Å². The van der Waals surface area contributed by atoms with Crippen molar-refractivity contribution in [3.8, 4) is 22.8 Å². The predicted octanol–water partition coefficient (Wildman–Crippen LogP) is 5.73. The highest BCUT2D eigenvalue weighted by Crippen LogP contribution is 2.34. The molecule has 0 aliphatic carbocycles. The molecule has 3 aromatic carbocycles. The third-order valence-electron chi connectivity index (χ3n) is 5.95. The molecular weight excluding hydrogens is 412 g/mol. The topological polar surface area (TPSA) is 61.2 Å². The lowest BCUT2D eigenvalue weighted by Gasteiger charge is -2.13. The van der Waals surface area contributed by atoms with Gasteiger partial charge in [-0.1, -0.05) is 36.4 Å². The minimum absolute atomic E-state index is 0.637. The van der Waals surface area contributed by atoms with E-state index in [1.54, 1.807) is 14.2 Å². The van der Waals surface area contributed by atoms with Crippen molar-refractivity contribution in [2.45, 2.75) is 13.5 Å². The average Bonchev–Trinajstić information content (AvgIpc) is 3.18. The van der Waals surface area contributed by atoms with E-state index in [2.05, 4.69) is 81.5 Å². The summed E-state index contributed by atoms with van der Waals surface area (Å²) in [5.74, 6) is 2.77. The Balaban J connectivity index is 1.47. The Labute approximate surface area is 192 Å². The maximum Gasteiger partial charge on any atom is 0.162 e. The minimum atomic E-state index is 0.637. The summed E-state index contributed by atoms with van der Waals surface area (Å²) in [5.41, 5.74) is 5.58. The molecule has 0 atom stereocenters. The molecule has 166 valence electrons.